The molecule has 0 radical (unpaired) electrons. The molecule has 0 fully saturated rings. The average Bonchev–Trinajstić information content (AvgIpc) is 2.94. The van der Waals surface area contributed by atoms with E-state index >= 15 is 0 Å². The molecule has 3 aromatic rings. The molecule has 2 heterocycles. The third kappa shape index (κ3) is 2.64. The Morgan fingerprint density at radius 2 is 1.95 bits per heavy atom. The Morgan fingerprint density at radius 3 is 2.64 bits per heavy atom. The van der Waals surface area contributed by atoms with E-state index in [2.05, 4.69) is 10.3 Å². The molecule has 22 heavy (non-hydrogen) atoms. The first-order chi connectivity index (χ1) is 10.5. The number of benzene rings is 1. The zero-order valence-electron chi connectivity index (χ0n) is 11.0. The van der Waals surface area contributed by atoms with Gasteiger partial charge < -0.3 is 15.5 Å². The van der Waals surface area contributed by atoms with Crippen LogP contribution in [0.25, 0.3) is 5.52 Å². The van der Waals surface area contributed by atoms with Crippen LogP contribution in [0.2, 0.25) is 0 Å². The predicted octanol–water partition coefficient (Wildman–Crippen LogP) is 2.94. The van der Waals surface area contributed by atoms with E-state index in [1.54, 1.807) is 6.07 Å². The highest BCUT2D eigenvalue weighted by molar-refractivity contribution is 14.1. The van der Waals surface area contributed by atoms with Gasteiger partial charge in [0.2, 0.25) is 0 Å². The van der Waals surface area contributed by atoms with Crippen LogP contribution in [0, 0.1) is 15.2 Å². The topological polar surface area (TPSA) is 69.8 Å². The second-order valence-electron chi connectivity index (χ2n) is 4.57. The van der Waals surface area contributed by atoms with Crippen molar-refractivity contribution in [2.45, 2.75) is 6.29 Å². The molecule has 2 aromatic heterocycles. The molecule has 3 rings (SSSR count). The van der Waals surface area contributed by atoms with Gasteiger partial charge in [-0.1, -0.05) is 0 Å². The lowest BCUT2D eigenvalue weighted by Crippen LogP contribution is -2.08. The Morgan fingerprint density at radius 1 is 1.18 bits per heavy atom. The number of imidazole rings is 1. The van der Waals surface area contributed by atoms with Crippen molar-refractivity contribution < 1.29 is 19.0 Å². The van der Waals surface area contributed by atoms with Crippen LogP contribution in [0.3, 0.4) is 0 Å². The molecule has 3 N–H and O–H groups in total. The summed E-state index contributed by atoms with van der Waals surface area (Å²) in [5.74, 6) is -1.04. The lowest BCUT2D eigenvalue weighted by atomic mass is 10.2. The average molecular weight is 417 g/mol. The number of fused-ring (bicyclic) bond motifs is 1. The fourth-order valence-electron chi connectivity index (χ4n) is 2.12. The van der Waals surface area contributed by atoms with Gasteiger partial charge in [-0.05, 0) is 46.9 Å². The van der Waals surface area contributed by atoms with E-state index in [0.717, 1.165) is 9.64 Å². The van der Waals surface area contributed by atoms with E-state index in [0.29, 0.717) is 0 Å². The second-order valence-corrected chi connectivity index (χ2v) is 5.81. The molecule has 0 spiro atoms. The number of halogens is 3. The van der Waals surface area contributed by atoms with Crippen molar-refractivity contribution in [2.75, 3.05) is 5.32 Å². The molecule has 0 saturated carbocycles. The lowest BCUT2D eigenvalue weighted by Gasteiger charge is -2.16. The van der Waals surface area contributed by atoms with Crippen molar-refractivity contribution in [3.05, 3.63) is 57.6 Å². The van der Waals surface area contributed by atoms with Crippen LogP contribution >= 0.6 is 22.6 Å². The molecule has 114 valence electrons. The minimum atomic E-state index is -1.92. The van der Waals surface area contributed by atoms with Crippen LogP contribution in [-0.4, -0.2) is 19.6 Å². The summed E-state index contributed by atoms with van der Waals surface area (Å²) in [6.07, 6.45) is 0.672. The van der Waals surface area contributed by atoms with Crippen molar-refractivity contribution in [2.24, 2.45) is 0 Å². The van der Waals surface area contributed by atoms with Gasteiger partial charge in [0.05, 0.1) is 17.4 Å². The van der Waals surface area contributed by atoms with Gasteiger partial charge in [0.15, 0.2) is 6.29 Å². The van der Waals surface area contributed by atoms with E-state index in [1.807, 2.05) is 22.6 Å². The Hall–Kier alpha value is -1.78. The van der Waals surface area contributed by atoms with Crippen LogP contribution < -0.4 is 5.32 Å². The Balaban J connectivity index is 2.18. The monoisotopic (exact) mass is 417 g/mol. The van der Waals surface area contributed by atoms with Gasteiger partial charge >= 0.3 is 0 Å². The Bertz CT molecular complexity index is 851. The van der Waals surface area contributed by atoms with Gasteiger partial charge in [0.25, 0.3) is 0 Å². The highest BCUT2D eigenvalue weighted by atomic mass is 127. The highest BCUT2D eigenvalue weighted by Crippen LogP contribution is 2.29. The number of hydrogen-bond donors (Lipinski definition) is 3. The first kappa shape index (κ1) is 15.1. The van der Waals surface area contributed by atoms with Crippen LogP contribution in [-0.2, 0) is 0 Å². The van der Waals surface area contributed by atoms with Crippen LogP contribution in [0.5, 0.6) is 0 Å². The van der Waals surface area contributed by atoms with E-state index < -0.39 is 17.9 Å². The number of pyridine rings is 1. The standard InChI is InChI=1S/C14H10F2IN3O2/c15-9-3-7(17)1-2-11(9)19-13-8(14(21)22)4-10(16)12-5-18-6-20(12)13/h1-6,14,19,21-22H. The SMILES string of the molecule is OC(O)c1cc(F)c2cncn2c1Nc1ccc(I)cc1F. The van der Waals surface area contributed by atoms with Gasteiger partial charge in [-0.15, -0.1) is 0 Å². The van der Waals surface area contributed by atoms with Crippen molar-refractivity contribution in [3.8, 4) is 0 Å². The summed E-state index contributed by atoms with van der Waals surface area (Å²) in [5, 5.41) is 21.6. The third-order valence-corrected chi connectivity index (χ3v) is 3.81. The molecule has 5 nitrogen and oxygen atoms in total. The molecule has 0 aliphatic rings. The summed E-state index contributed by atoms with van der Waals surface area (Å²) in [7, 11) is 0. The van der Waals surface area contributed by atoms with Crippen LogP contribution in [0.1, 0.15) is 11.9 Å². The normalized spacial score (nSPS) is 11.4. The molecular weight excluding hydrogens is 407 g/mol. The van der Waals surface area contributed by atoms with Gasteiger partial charge in [-0.2, -0.15) is 0 Å². The number of aliphatic hydroxyl groups excluding tert-OH is 1. The molecule has 0 atom stereocenters. The summed E-state index contributed by atoms with van der Waals surface area (Å²) < 4.78 is 29.9. The molecular formula is C14H10F2IN3O2. The van der Waals surface area contributed by atoms with Crippen LogP contribution in [0.4, 0.5) is 20.3 Å². The number of nitrogens with zero attached hydrogens (tertiary/aromatic N) is 2. The van der Waals surface area contributed by atoms with E-state index in [1.165, 1.54) is 29.1 Å². The predicted molar refractivity (Wildman–Crippen MR) is 84.7 cm³/mol. The maximum atomic E-state index is 14.0. The number of nitrogens with one attached hydrogen (secondary N) is 1. The summed E-state index contributed by atoms with van der Waals surface area (Å²) >= 11 is 1.98. The summed E-state index contributed by atoms with van der Waals surface area (Å²) in [4.78, 5) is 3.83. The Labute approximate surface area is 137 Å². The second kappa shape index (κ2) is 5.78. The quantitative estimate of drug-likeness (QED) is 0.453. The number of aliphatic hydroxyl groups is 2. The maximum absolute atomic E-state index is 14.0. The van der Waals surface area contributed by atoms with Gasteiger partial charge in [-0.3, -0.25) is 4.40 Å². The molecule has 0 aliphatic heterocycles. The molecule has 0 amide bonds. The number of aromatic nitrogens is 2. The number of rotatable bonds is 3. The minimum Gasteiger partial charge on any atom is -0.364 e. The third-order valence-electron chi connectivity index (χ3n) is 3.14. The zero-order valence-corrected chi connectivity index (χ0v) is 13.1. The van der Waals surface area contributed by atoms with Crippen molar-refractivity contribution >= 4 is 39.6 Å². The fourth-order valence-corrected chi connectivity index (χ4v) is 2.57. The minimum absolute atomic E-state index is 0.124. The summed E-state index contributed by atoms with van der Waals surface area (Å²) in [6, 6.07) is 5.51. The van der Waals surface area contributed by atoms with Crippen molar-refractivity contribution in [1.82, 2.24) is 9.38 Å². The van der Waals surface area contributed by atoms with E-state index in [-0.39, 0.29) is 22.6 Å². The number of anilines is 2. The first-order valence-corrected chi connectivity index (χ1v) is 7.28. The molecule has 8 heteroatoms. The molecule has 0 aliphatic carbocycles. The van der Waals surface area contributed by atoms with Gasteiger partial charge in [0.1, 0.15) is 29.3 Å². The Kier molecular flexibility index (Phi) is 3.98. The summed E-state index contributed by atoms with van der Waals surface area (Å²) in [6.45, 7) is 0. The largest absolute Gasteiger partial charge is 0.364 e. The molecule has 1 aromatic carbocycles. The molecule has 0 saturated heterocycles. The van der Waals surface area contributed by atoms with E-state index in [4.69, 9.17) is 0 Å². The molecule has 0 unspecified atom stereocenters. The smallest absolute Gasteiger partial charge is 0.182 e. The fraction of sp³-hybridized carbons (Fsp3) is 0.0714. The highest BCUT2D eigenvalue weighted by Gasteiger charge is 2.18. The van der Waals surface area contributed by atoms with E-state index in [9.17, 15) is 19.0 Å². The first-order valence-electron chi connectivity index (χ1n) is 6.20. The zero-order chi connectivity index (χ0) is 15.9. The molecule has 0 bridgehead atoms. The summed E-state index contributed by atoms with van der Waals surface area (Å²) in [5.41, 5.74) is 0.141. The maximum Gasteiger partial charge on any atom is 0.182 e. The van der Waals surface area contributed by atoms with Gasteiger partial charge in [-0.25, -0.2) is 13.8 Å². The van der Waals surface area contributed by atoms with Crippen LogP contribution in [0.15, 0.2) is 36.8 Å². The lowest BCUT2D eigenvalue weighted by molar-refractivity contribution is -0.0423. The van der Waals surface area contributed by atoms with Crippen molar-refractivity contribution in [3.63, 3.8) is 0 Å². The van der Waals surface area contributed by atoms with Crippen molar-refractivity contribution in [1.29, 1.82) is 0 Å². The number of hydrogen-bond acceptors (Lipinski definition) is 4. The van der Waals surface area contributed by atoms with Gasteiger partial charge in [0, 0.05) is 3.57 Å².